The molecule has 8 aliphatic heterocycles. The molecule has 0 unspecified atom stereocenters. The molecule has 22 heteroatoms. The number of ether oxygens (including phenoxy) is 8. The van der Waals surface area contributed by atoms with Crippen molar-refractivity contribution in [1.29, 1.82) is 0 Å². The van der Waals surface area contributed by atoms with Crippen molar-refractivity contribution in [1.82, 2.24) is 39.5 Å². The van der Waals surface area contributed by atoms with Crippen LogP contribution in [-0.2, 0) is 37.5 Å². The number of rotatable bonds is 2. The predicted molar refractivity (Wildman–Crippen MR) is 393 cm³/mol. The number of urea groups is 2. The molecule has 8 aliphatic rings. The zero-order valence-corrected chi connectivity index (χ0v) is 56.7. The van der Waals surface area contributed by atoms with Crippen LogP contribution in [0, 0.1) is 0 Å². The van der Waals surface area contributed by atoms with Crippen molar-refractivity contribution in [3.8, 4) is 114 Å². The maximum Gasteiger partial charge on any atom is 0.325 e. The van der Waals surface area contributed by atoms with Gasteiger partial charge in [0.2, 0.25) is 0 Å². The Kier molecular flexibility index (Phi) is 14.1. The molecule has 8 aromatic carbocycles. The molecule has 11 heterocycles. The fourth-order valence-electron chi connectivity index (χ4n) is 17.0. The summed E-state index contributed by atoms with van der Waals surface area (Å²) in [5.74, 6) is 1.70. The molecule has 6 N–H and O–H groups in total. The first-order valence-corrected chi connectivity index (χ1v) is 35.1. The van der Waals surface area contributed by atoms with Crippen LogP contribution in [0.5, 0.6) is 69.0 Å². The minimum atomic E-state index is -1.55. The zero-order chi connectivity index (χ0) is 71.1. The van der Waals surface area contributed by atoms with Gasteiger partial charge in [-0.3, -0.25) is 19.6 Å². The molecular weight excluding hydrogens is 1340 g/mol. The highest BCUT2D eigenvalue weighted by molar-refractivity contribution is 6.04. The van der Waals surface area contributed by atoms with Gasteiger partial charge in [-0.15, -0.1) is 0 Å². The van der Waals surface area contributed by atoms with Crippen LogP contribution in [-0.4, -0.2) is 125 Å². The molecule has 0 spiro atoms. The third-order valence-corrected chi connectivity index (χ3v) is 21.3. The van der Waals surface area contributed by atoms with E-state index >= 15 is 9.59 Å². The zero-order valence-electron chi connectivity index (χ0n) is 56.7. The maximum atomic E-state index is 16.7. The maximum absolute atomic E-state index is 16.7. The Balaban J connectivity index is 0.904. The van der Waals surface area contributed by atoms with Crippen molar-refractivity contribution < 1.29 is 67.9 Å². The molecule has 2 fully saturated rings. The standard InChI is InChI=1S/C84H64N8O14/c93-61-15-7-19-65-77(61)73-53-23-24-54(85-53)74-58-28-30-60(88-58)76-56-26-25-55(86-56)75(59-29-27-57(73)87-59)79-63(95)17-9-21-67(79)101-33-37-105-71-41-49-45-91-81(97)89-43-47-39-69(103-35-31-99-65)70(104-36-32-100-66-20-8-16-62(94)78(66)74)40-48(47)44-90-82(98)92(46-50(49)42-72(71)106-38-34-102-68-22-10-18-64(96)80(68)76)84(91,52-13-5-2-6-14-52)83(89,90)51-11-3-1-4-12-51/h1-30,39-42,87-88,93-96H,31-38,43-46H2. The number of aromatic nitrogens is 4. The summed E-state index contributed by atoms with van der Waals surface area (Å²) in [6.07, 6.45) is 7.30. The van der Waals surface area contributed by atoms with Crippen LogP contribution in [0.15, 0.2) is 182 Å². The summed E-state index contributed by atoms with van der Waals surface area (Å²) in [4.78, 5) is 59.2. The van der Waals surface area contributed by atoms with Gasteiger partial charge in [0.05, 0.1) is 71.2 Å². The highest BCUT2D eigenvalue weighted by Crippen LogP contribution is 2.66. The van der Waals surface area contributed by atoms with Crippen LogP contribution in [0.2, 0.25) is 0 Å². The average molecular weight is 1410 g/mol. The quantitative estimate of drug-likeness (QED) is 0.0940. The van der Waals surface area contributed by atoms with Crippen molar-refractivity contribution in [3.63, 3.8) is 0 Å². The fourth-order valence-corrected chi connectivity index (χ4v) is 17.0. The summed E-state index contributed by atoms with van der Waals surface area (Å²) in [7, 11) is 0. The predicted octanol–water partition coefficient (Wildman–Crippen LogP) is 14.8. The Morgan fingerprint density at radius 2 is 0.538 bits per heavy atom. The fraction of sp³-hybridized carbons (Fsp3) is 0.167. The van der Waals surface area contributed by atoms with E-state index in [-0.39, 0.29) is 159 Å². The van der Waals surface area contributed by atoms with E-state index in [1.807, 2.05) is 153 Å². The van der Waals surface area contributed by atoms with Gasteiger partial charge in [0.25, 0.3) is 0 Å². The lowest BCUT2D eigenvalue weighted by molar-refractivity contribution is -0.0793. The van der Waals surface area contributed by atoms with Gasteiger partial charge in [-0.2, -0.15) is 0 Å². The Morgan fingerprint density at radius 3 is 0.792 bits per heavy atom. The third kappa shape index (κ3) is 9.28. The molecule has 4 amide bonds. The topological polar surface area (TPSA) is 259 Å². The van der Waals surface area contributed by atoms with Crippen LogP contribution in [0.4, 0.5) is 9.59 Å². The van der Waals surface area contributed by atoms with E-state index in [4.69, 9.17) is 47.9 Å². The third-order valence-electron chi connectivity index (χ3n) is 21.3. The van der Waals surface area contributed by atoms with Gasteiger partial charge >= 0.3 is 12.1 Å². The van der Waals surface area contributed by atoms with E-state index in [0.29, 0.717) is 123 Å². The lowest BCUT2D eigenvalue weighted by Gasteiger charge is -2.49. The molecule has 11 aromatic rings. The lowest BCUT2D eigenvalue weighted by atomic mass is 9.79. The number of hydrogen-bond donors (Lipinski definition) is 6. The second kappa shape index (κ2) is 24.1. The average Bonchev–Trinajstić information content (AvgIpc) is 1.47. The van der Waals surface area contributed by atoms with E-state index in [0.717, 1.165) is 0 Å². The van der Waals surface area contributed by atoms with E-state index in [1.165, 1.54) is 0 Å². The number of carbonyl (C=O) groups excluding carboxylic acids is 2. The SMILES string of the molecule is O=C1N2Cc3cc4c5cc3CN3C(=O)N6Cc7cc8c(cc7CN1C6(c1ccccc1)C23c1ccccc1)OCCOc1cccc(O)c1-c1c2nc(c(c3ccc([nH]3)c(c3nc(c(c6ccc1[nH]6)-c1c(O)cccc1OCCO4)C=C3)-c1c(O)cccc1OCCO5)-c1c(O)cccc1OCCO8)C=C2. The van der Waals surface area contributed by atoms with Gasteiger partial charge in [-0.1, -0.05) is 84.9 Å². The van der Waals surface area contributed by atoms with Crippen LogP contribution < -0.4 is 37.9 Å². The van der Waals surface area contributed by atoms with Crippen molar-refractivity contribution in [2.24, 2.45) is 0 Å². The number of benzene rings is 8. The van der Waals surface area contributed by atoms with E-state index in [1.54, 1.807) is 72.8 Å². The molecule has 524 valence electrons. The molecule has 19 rings (SSSR count). The summed E-state index contributed by atoms with van der Waals surface area (Å²) in [6, 6.07) is 53.9. The van der Waals surface area contributed by atoms with Crippen molar-refractivity contribution in [2.75, 3.05) is 52.9 Å². The van der Waals surface area contributed by atoms with Gasteiger partial charge in [0, 0.05) is 55.4 Å². The number of phenolic OH excluding ortho intramolecular Hbond substituents is 4. The number of amides is 4. The minimum absolute atomic E-state index is 0.0103. The molecule has 0 aliphatic carbocycles. The van der Waals surface area contributed by atoms with Gasteiger partial charge in [0.15, 0.2) is 34.3 Å². The van der Waals surface area contributed by atoms with Crippen LogP contribution >= 0.6 is 0 Å². The first-order valence-electron chi connectivity index (χ1n) is 35.1. The second-order valence-electron chi connectivity index (χ2n) is 27.0. The summed E-state index contributed by atoms with van der Waals surface area (Å²) >= 11 is 0. The number of nitrogens with zero attached hydrogens (tertiary/aromatic N) is 6. The van der Waals surface area contributed by atoms with E-state index in [2.05, 4.69) is 9.97 Å². The first-order chi connectivity index (χ1) is 52.0. The summed E-state index contributed by atoms with van der Waals surface area (Å²) in [6.45, 7) is -0.450. The minimum Gasteiger partial charge on any atom is -0.507 e. The highest BCUT2D eigenvalue weighted by Gasteiger charge is 2.80. The number of carbonyl (C=O) groups is 2. The van der Waals surface area contributed by atoms with E-state index in [9.17, 15) is 20.4 Å². The number of fused-ring (bicyclic) bond motifs is 20. The molecule has 22 nitrogen and oxygen atoms in total. The monoisotopic (exact) mass is 1410 g/mol. The van der Waals surface area contributed by atoms with Gasteiger partial charge in [-0.25, -0.2) is 19.6 Å². The van der Waals surface area contributed by atoms with Crippen LogP contribution in [0.3, 0.4) is 0 Å². The number of phenols is 4. The van der Waals surface area contributed by atoms with E-state index < -0.39 is 11.3 Å². The van der Waals surface area contributed by atoms with Gasteiger partial charge in [-0.05, 0) is 144 Å². The summed E-state index contributed by atoms with van der Waals surface area (Å²) in [5, 5.41) is 50.2. The van der Waals surface area contributed by atoms with Gasteiger partial charge < -0.3 is 68.3 Å². The van der Waals surface area contributed by atoms with Crippen LogP contribution in [0.25, 0.3) is 90.9 Å². The summed E-state index contributed by atoms with van der Waals surface area (Å²) in [5.41, 5.74) is 6.99. The smallest absolute Gasteiger partial charge is 0.325 e. The number of H-pyrrole nitrogens is 2. The lowest BCUT2D eigenvalue weighted by Crippen LogP contribution is -2.62. The Labute approximate surface area is 605 Å². The number of nitrogens with one attached hydrogen (secondary N) is 2. The Hall–Kier alpha value is -13.5. The first kappa shape index (κ1) is 62.3. The Bertz CT molecular complexity index is 5170. The Morgan fingerprint density at radius 1 is 0.292 bits per heavy atom. The molecule has 0 radical (unpaired) electrons. The molecule has 0 saturated carbocycles. The van der Waals surface area contributed by atoms with Crippen molar-refractivity contribution >= 4 is 58.4 Å². The van der Waals surface area contributed by atoms with Crippen molar-refractivity contribution in [3.05, 3.63) is 238 Å². The molecular formula is C84H64N8O14. The highest BCUT2D eigenvalue weighted by atomic mass is 16.6. The molecule has 12 bridgehead atoms. The largest absolute Gasteiger partial charge is 0.507 e. The van der Waals surface area contributed by atoms with Crippen LogP contribution in [0.1, 0.15) is 56.2 Å². The number of aromatic amines is 2. The second-order valence-corrected chi connectivity index (χ2v) is 27.0. The van der Waals surface area contributed by atoms with Crippen molar-refractivity contribution in [2.45, 2.75) is 37.5 Å². The van der Waals surface area contributed by atoms with Gasteiger partial charge in [0.1, 0.15) is 98.9 Å². The molecule has 106 heavy (non-hydrogen) atoms. The molecule has 0 atom stereocenters. The summed E-state index contributed by atoms with van der Waals surface area (Å²) < 4.78 is 54.7. The number of aromatic hydroxyl groups is 4. The molecule has 3 aromatic heterocycles. The normalized spacial score (nSPS) is 18.6. The molecule has 2 saturated heterocycles. The number of hydrogen-bond acceptors (Lipinski definition) is 16.